The molecular formula is C18H18BrN3O. The van der Waals surface area contributed by atoms with Crippen LogP contribution in [0.3, 0.4) is 0 Å². The summed E-state index contributed by atoms with van der Waals surface area (Å²) in [6.45, 7) is 2.76. The molecule has 2 aromatic rings. The molecule has 23 heavy (non-hydrogen) atoms. The smallest absolute Gasteiger partial charge is 0.238 e. The Bertz CT molecular complexity index is 752. The van der Waals surface area contributed by atoms with E-state index in [1.165, 1.54) is 0 Å². The molecule has 0 radical (unpaired) electrons. The Morgan fingerprint density at radius 3 is 2.74 bits per heavy atom. The SMILES string of the molecule is Cc1cc(Br)ccc1NC(=O)CN(C)Cc1ccccc1C#N. The Balaban J connectivity index is 1.96. The molecule has 0 saturated carbocycles. The number of likely N-dealkylation sites (N-methyl/N-ethyl adjacent to an activating group) is 1. The lowest BCUT2D eigenvalue weighted by Gasteiger charge is -2.17. The van der Waals surface area contributed by atoms with Crippen molar-refractivity contribution in [2.24, 2.45) is 0 Å². The third-order valence-corrected chi connectivity index (χ3v) is 3.95. The highest BCUT2D eigenvalue weighted by Gasteiger charge is 2.10. The number of amides is 1. The van der Waals surface area contributed by atoms with Gasteiger partial charge in [-0.2, -0.15) is 5.26 Å². The first kappa shape index (κ1) is 17.2. The Morgan fingerprint density at radius 2 is 2.04 bits per heavy atom. The van der Waals surface area contributed by atoms with Gasteiger partial charge in [-0.1, -0.05) is 34.1 Å². The fourth-order valence-electron chi connectivity index (χ4n) is 2.32. The molecule has 0 saturated heterocycles. The van der Waals surface area contributed by atoms with Crippen molar-refractivity contribution in [3.05, 3.63) is 63.6 Å². The first-order chi connectivity index (χ1) is 11.0. The van der Waals surface area contributed by atoms with E-state index in [1.54, 1.807) is 6.07 Å². The van der Waals surface area contributed by atoms with Crippen molar-refractivity contribution in [1.82, 2.24) is 4.90 Å². The molecule has 4 nitrogen and oxygen atoms in total. The van der Waals surface area contributed by atoms with Gasteiger partial charge in [0, 0.05) is 16.7 Å². The zero-order valence-corrected chi connectivity index (χ0v) is 14.7. The van der Waals surface area contributed by atoms with Gasteiger partial charge in [0.25, 0.3) is 0 Å². The second-order valence-electron chi connectivity index (χ2n) is 5.45. The van der Waals surface area contributed by atoms with Gasteiger partial charge in [0.05, 0.1) is 18.2 Å². The zero-order valence-electron chi connectivity index (χ0n) is 13.1. The van der Waals surface area contributed by atoms with Gasteiger partial charge in [-0.05, 0) is 49.4 Å². The lowest BCUT2D eigenvalue weighted by Crippen LogP contribution is -2.30. The predicted octanol–water partition coefficient (Wildman–Crippen LogP) is 3.70. The van der Waals surface area contributed by atoms with Crippen LogP contribution in [0.25, 0.3) is 0 Å². The molecule has 0 atom stereocenters. The lowest BCUT2D eigenvalue weighted by molar-refractivity contribution is -0.117. The van der Waals surface area contributed by atoms with Crippen LogP contribution in [0.15, 0.2) is 46.9 Å². The van der Waals surface area contributed by atoms with E-state index in [0.717, 1.165) is 21.3 Å². The molecular weight excluding hydrogens is 354 g/mol. The van der Waals surface area contributed by atoms with Gasteiger partial charge in [0.1, 0.15) is 0 Å². The van der Waals surface area contributed by atoms with E-state index in [-0.39, 0.29) is 12.5 Å². The summed E-state index contributed by atoms with van der Waals surface area (Å²) in [5.41, 5.74) is 3.38. The average molecular weight is 372 g/mol. The highest BCUT2D eigenvalue weighted by atomic mass is 79.9. The van der Waals surface area contributed by atoms with E-state index in [9.17, 15) is 4.79 Å². The van der Waals surface area contributed by atoms with Gasteiger partial charge in [0.2, 0.25) is 5.91 Å². The maximum atomic E-state index is 12.2. The van der Waals surface area contributed by atoms with Gasteiger partial charge < -0.3 is 5.32 Å². The van der Waals surface area contributed by atoms with E-state index in [2.05, 4.69) is 27.3 Å². The van der Waals surface area contributed by atoms with Crippen LogP contribution in [0.4, 0.5) is 5.69 Å². The van der Waals surface area contributed by atoms with Crippen LogP contribution in [0.5, 0.6) is 0 Å². The largest absolute Gasteiger partial charge is 0.325 e. The maximum Gasteiger partial charge on any atom is 0.238 e. The van der Waals surface area contributed by atoms with Gasteiger partial charge in [-0.3, -0.25) is 9.69 Å². The molecule has 0 aliphatic rings. The van der Waals surface area contributed by atoms with Crippen molar-refractivity contribution in [1.29, 1.82) is 5.26 Å². The quantitative estimate of drug-likeness (QED) is 0.871. The van der Waals surface area contributed by atoms with E-state index in [0.29, 0.717) is 12.1 Å². The van der Waals surface area contributed by atoms with Gasteiger partial charge in [-0.15, -0.1) is 0 Å². The van der Waals surface area contributed by atoms with E-state index >= 15 is 0 Å². The van der Waals surface area contributed by atoms with Crippen molar-refractivity contribution < 1.29 is 4.79 Å². The molecule has 0 spiro atoms. The minimum Gasteiger partial charge on any atom is -0.325 e. The summed E-state index contributed by atoms with van der Waals surface area (Å²) in [6, 6.07) is 15.3. The van der Waals surface area contributed by atoms with Crippen molar-refractivity contribution >= 4 is 27.5 Å². The molecule has 0 unspecified atom stereocenters. The molecule has 1 amide bonds. The minimum absolute atomic E-state index is 0.0765. The van der Waals surface area contributed by atoms with Crippen LogP contribution in [0, 0.1) is 18.3 Å². The highest BCUT2D eigenvalue weighted by molar-refractivity contribution is 9.10. The standard InChI is InChI=1S/C18H18BrN3O/c1-13-9-16(19)7-8-17(13)21-18(23)12-22(2)11-15-6-4-3-5-14(15)10-20/h3-9H,11-12H2,1-2H3,(H,21,23). The number of nitrogens with zero attached hydrogens (tertiary/aromatic N) is 2. The number of aryl methyl sites for hydroxylation is 1. The van der Waals surface area contributed by atoms with Crippen molar-refractivity contribution in [2.75, 3.05) is 18.9 Å². The summed E-state index contributed by atoms with van der Waals surface area (Å²) in [6.07, 6.45) is 0. The number of hydrogen-bond acceptors (Lipinski definition) is 3. The molecule has 2 rings (SSSR count). The number of anilines is 1. The number of rotatable bonds is 5. The monoisotopic (exact) mass is 371 g/mol. The zero-order chi connectivity index (χ0) is 16.8. The van der Waals surface area contributed by atoms with Crippen molar-refractivity contribution in [3.8, 4) is 6.07 Å². The second-order valence-corrected chi connectivity index (χ2v) is 6.36. The van der Waals surface area contributed by atoms with Crippen LogP contribution < -0.4 is 5.32 Å². The second kappa shape index (κ2) is 7.91. The number of nitriles is 1. The fraction of sp³-hybridized carbons (Fsp3) is 0.222. The third kappa shape index (κ3) is 4.92. The Kier molecular flexibility index (Phi) is 5.91. The van der Waals surface area contributed by atoms with Crippen molar-refractivity contribution in [3.63, 3.8) is 0 Å². The summed E-state index contributed by atoms with van der Waals surface area (Å²) in [7, 11) is 1.86. The van der Waals surface area contributed by atoms with E-state index in [1.807, 2.05) is 55.3 Å². The molecule has 0 aliphatic heterocycles. The Labute approximate surface area is 144 Å². The van der Waals surface area contributed by atoms with Crippen LogP contribution in [-0.2, 0) is 11.3 Å². The minimum atomic E-state index is -0.0765. The molecule has 118 valence electrons. The number of benzene rings is 2. The van der Waals surface area contributed by atoms with Crippen LogP contribution >= 0.6 is 15.9 Å². The van der Waals surface area contributed by atoms with Gasteiger partial charge in [-0.25, -0.2) is 0 Å². The predicted molar refractivity (Wildman–Crippen MR) is 95.0 cm³/mol. The molecule has 0 heterocycles. The highest BCUT2D eigenvalue weighted by Crippen LogP contribution is 2.20. The molecule has 0 aliphatic carbocycles. The van der Waals surface area contributed by atoms with E-state index < -0.39 is 0 Å². The molecule has 5 heteroatoms. The molecule has 0 aromatic heterocycles. The summed E-state index contributed by atoms with van der Waals surface area (Å²) in [5.74, 6) is -0.0765. The number of nitrogens with one attached hydrogen (secondary N) is 1. The number of hydrogen-bond donors (Lipinski definition) is 1. The fourth-order valence-corrected chi connectivity index (χ4v) is 2.79. The first-order valence-electron chi connectivity index (χ1n) is 7.22. The molecule has 0 fully saturated rings. The normalized spacial score (nSPS) is 10.4. The topological polar surface area (TPSA) is 56.1 Å². The van der Waals surface area contributed by atoms with E-state index in [4.69, 9.17) is 5.26 Å². The third-order valence-electron chi connectivity index (χ3n) is 3.45. The summed E-state index contributed by atoms with van der Waals surface area (Å²) < 4.78 is 0.984. The molecule has 1 N–H and O–H groups in total. The first-order valence-corrected chi connectivity index (χ1v) is 8.01. The molecule has 2 aromatic carbocycles. The summed E-state index contributed by atoms with van der Waals surface area (Å²) >= 11 is 3.41. The summed E-state index contributed by atoms with van der Waals surface area (Å²) in [4.78, 5) is 14.1. The maximum absolute atomic E-state index is 12.2. The summed E-state index contributed by atoms with van der Waals surface area (Å²) in [5, 5.41) is 12.0. The Morgan fingerprint density at radius 1 is 1.30 bits per heavy atom. The molecule has 0 bridgehead atoms. The average Bonchev–Trinajstić information content (AvgIpc) is 2.50. The number of halogens is 1. The number of carbonyl (C=O) groups excluding carboxylic acids is 1. The Hall–Kier alpha value is -2.16. The van der Waals surface area contributed by atoms with Gasteiger partial charge >= 0.3 is 0 Å². The van der Waals surface area contributed by atoms with Crippen LogP contribution in [-0.4, -0.2) is 24.4 Å². The van der Waals surface area contributed by atoms with Gasteiger partial charge in [0.15, 0.2) is 0 Å². The van der Waals surface area contributed by atoms with Crippen LogP contribution in [0.1, 0.15) is 16.7 Å². The number of carbonyl (C=O) groups is 1. The van der Waals surface area contributed by atoms with Crippen LogP contribution in [0.2, 0.25) is 0 Å². The lowest BCUT2D eigenvalue weighted by atomic mass is 10.1. The van der Waals surface area contributed by atoms with Crippen molar-refractivity contribution in [2.45, 2.75) is 13.5 Å².